The van der Waals surface area contributed by atoms with Crippen LogP contribution in [0.3, 0.4) is 0 Å². The van der Waals surface area contributed by atoms with Crippen LogP contribution < -0.4 is 5.32 Å². The van der Waals surface area contributed by atoms with E-state index in [4.69, 9.17) is 4.74 Å². The third-order valence-corrected chi connectivity index (χ3v) is 3.58. The first kappa shape index (κ1) is 13.7. The smallest absolute Gasteiger partial charge is 0.224 e. The molecule has 0 aliphatic carbocycles. The summed E-state index contributed by atoms with van der Waals surface area (Å²) < 4.78 is 5.40. The molecule has 0 aromatic carbocycles. The third-order valence-electron chi connectivity index (χ3n) is 3.58. The predicted octanol–water partition coefficient (Wildman–Crippen LogP) is 0.799. The molecule has 0 aromatic rings. The molecule has 2 heterocycles. The maximum absolute atomic E-state index is 12.0. The zero-order valence-corrected chi connectivity index (χ0v) is 10.6. The molecule has 0 radical (unpaired) electrons. The van der Waals surface area contributed by atoms with Gasteiger partial charge in [-0.05, 0) is 19.8 Å². The van der Waals surface area contributed by atoms with E-state index in [0.29, 0.717) is 12.3 Å². The van der Waals surface area contributed by atoms with Gasteiger partial charge in [0.05, 0.1) is 5.54 Å². The van der Waals surface area contributed by atoms with E-state index in [1.54, 1.807) is 0 Å². The van der Waals surface area contributed by atoms with Gasteiger partial charge in [0.15, 0.2) is 0 Å². The van der Waals surface area contributed by atoms with Crippen molar-refractivity contribution in [3.05, 3.63) is 0 Å². The monoisotopic (exact) mass is 248 g/mol. The summed E-state index contributed by atoms with van der Waals surface area (Å²) in [6, 6.07) is 0. The SMILES string of the molecule is CCN1C(=O)CCNCC12CCOCC2.Cl. The molecule has 0 bridgehead atoms. The summed E-state index contributed by atoms with van der Waals surface area (Å²) in [5.41, 5.74) is 0.0284. The van der Waals surface area contributed by atoms with Gasteiger partial charge in [0.1, 0.15) is 0 Å². The fourth-order valence-electron chi connectivity index (χ4n) is 2.72. The Morgan fingerprint density at radius 1 is 1.44 bits per heavy atom. The fraction of sp³-hybridized carbons (Fsp3) is 0.909. The first-order chi connectivity index (χ1) is 7.28. The summed E-state index contributed by atoms with van der Waals surface area (Å²) >= 11 is 0. The number of hydrogen-bond acceptors (Lipinski definition) is 3. The Morgan fingerprint density at radius 2 is 2.12 bits per heavy atom. The number of amides is 1. The second kappa shape index (κ2) is 5.84. The minimum absolute atomic E-state index is 0. The van der Waals surface area contributed by atoms with E-state index < -0.39 is 0 Å². The molecule has 2 saturated heterocycles. The molecular weight excluding hydrogens is 228 g/mol. The molecule has 2 rings (SSSR count). The van der Waals surface area contributed by atoms with Gasteiger partial charge in [-0.25, -0.2) is 0 Å². The number of halogens is 1. The van der Waals surface area contributed by atoms with Crippen LogP contribution in [0.25, 0.3) is 0 Å². The molecule has 2 aliphatic rings. The highest BCUT2D eigenvalue weighted by Crippen LogP contribution is 2.29. The Bertz CT molecular complexity index is 242. The van der Waals surface area contributed by atoms with Crippen LogP contribution in [0, 0.1) is 0 Å². The van der Waals surface area contributed by atoms with E-state index in [-0.39, 0.29) is 17.9 Å². The van der Waals surface area contributed by atoms with Crippen molar-refractivity contribution in [2.24, 2.45) is 0 Å². The maximum atomic E-state index is 12.0. The van der Waals surface area contributed by atoms with E-state index in [9.17, 15) is 4.79 Å². The van der Waals surface area contributed by atoms with E-state index >= 15 is 0 Å². The van der Waals surface area contributed by atoms with E-state index in [1.165, 1.54) is 0 Å². The normalized spacial score (nSPS) is 25.1. The second-order valence-corrected chi connectivity index (χ2v) is 4.40. The minimum Gasteiger partial charge on any atom is -0.381 e. The molecule has 1 N–H and O–H groups in total. The van der Waals surface area contributed by atoms with Crippen molar-refractivity contribution < 1.29 is 9.53 Å². The van der Waals surface area contributed by atoms with Crippen molar-refractivity contribution in [3.8, 4) is 0 Å². The van der Waals surface area contributed by atoms with Crippen molar-refractivity contribution in [1.29, 1.82) is 0 Å². The van der Waals surface area contributed by atoms with Crippen LogP contribution in [-0.2, 0) is 9.53 Å². The molecule has 2 fully saturated rings. The van der Waals surface area contributed by atoms with Crippen LogP contribution in [0.5, 0.6) is 0 Å². The lowest BCUT2D eigenvalue weighted by Crippen LogP contribution is -2.57. The molecule has 0 atom stereocenters. The molecule has 16 heavy (non-hydrogen) atoms. The Labute approximate surface area is 103 Å². The summed E-state index contributed by atoms with van der Waals surface area (Å²) in [5.74, 6) is 0.296. The standard InChI is InChI=1S/C11H20N2O2.ClH/c1-2-13-10(14)3-6-12-9-11(13)4-7-15-8-5-11;/h12H,2-9H2,1H3;1H. The van der Waals surface area contributed by atoms with Crippen molar-refractivity contribution in [3.63, 3.8) is 0 Å². The van der Waals surface area contributed by atoms with Gasteiger partial charge in [-0.2, -0.15) is 0 Å². The third kappa shape index (κ3) is 2.50. The highest BCUT2D eigenvalue weighted by atomic mass is 35.5. The molecule has 94 valence electrons. The van der Waals surface area contributed by atoms with Crippen LogP contribution in [-0.4, -0.2) is 49.2 Å². The predicted molar refractivity (Wildman–Crippen MR) is 64.9 cm³/mol. The fourth-order valence-corrected chi connectivity index (χ4v) is 2.72. The lowest BCUT2D eigenvalue weighted by atomic mass is 9.88. The lowest BCUT2D eigenvalue weighted by molar-refractivity contribution is -0.139. The molecule has 0 unspecified atom stereocenters. The number of ether oxygens (including phenoxy) is 1. The number of nitrogens with zero attached hydrogens (tertiary/aromatic N) is 1. The van der Waals surface area contributed by atoms with Gasteiger partial charge in [-0.3, -0.25) is 4.79 Å². The van der Waals surface area contributed by atoms with Crippen LogP contribution in [0.4, 0.5) is 0 Å². The summed E-state index contributed by atoms with van der Waals surface area (Å²) in [4.78, 5) is 14.0. The zero-order valence-electron chi connectivity index (χ0n) is 9.83. The molecule has 1 amide bonds. The van der Waals surface area contributed by atoms with Crippen LogP contribution >= 0.6 is 12.4 Å². The van der Waals surface area contributed by atoms with E-state index in [0.717, 1.165) is 45.7 Å². The molecule has 5 heteroatoms. The maximum Gasteiger partial charge on any atom is 0.224 e. The summed E-state index contributed by atoms with van der Waals surface area (Å²) in [6.45, 7) is 6.20. The second-order valence-electron chi connectivity index (χ2n) is 4.40. The minimum atomic E-state index is 0. The molecule has 2 aliphatic heterocycles. The lowest BCUT2D eigenvalue weighted by Gasteiger charge is -2.45. The van der Waals surface area contributed by atoms with Crippen molar-refractivity contribution in [1.82, 2.24) is 10.2 Å². The number of hydrogen-bond donors (Lipinski definition) is 1. The quantitative estimate of drug-likeness (QED) is 0.747. The average Bonchev–Trinajstić information content (AvgIpc) is 2.40. The number of carbonyl (C=O) groups excluding carboxylic acids is 1. The molecular formula is C11H21ClN2O2. The topological polar surface area (TPSA) is 41.6 Å². The van der Waals surface area contributed by atoms with E-state index in [2.05, 4.69) is 17.1 Å². The molecule has 1 spiro atoms. The molecule has 0 aromatic heterocycles. The van der Waals surface area contributed by atoms with Gasteiger partial charge in [0.25, 0.3) is 0 Å². The van der Waals surface area contributed by atoms with E-state index in [1.807, 2.05) is 0 Å². The largest absolute Gasteiger partial charge is 0.381 e. The first-order valence-corrected chi connectivity index (χ1v) is 5.87. The number of carbonyl (C=O) groups is 1. The molecule has 4 nitrogen and oxygen atoms in total. The van der Waals surface area contributed by atoms with Crippen molar-refractivity contribution in [2.45, 2.75) is 31.7 Å². The number of nitrogens with one attached hydrogen (secondary N) is 1. The summed E-state index contributed by atoms with van der Waals surface area (Å²) in [6.07, 6.45) is 2.58. The zero-order chi connectivity index (χ0) is 10.7. The van der Waals surface area contributed by atoms with Crippen LogP contribution in [0.2, 0.25) is 0 Å². The van der Waals surface area contributed by atoms with Gasteiger partial charge in [0, 0.05) is 39.3 Å². The van der Waals surface area contributed by atoms with Gasteiger partial charge in [-0.15, -0.1) is 12.4 Å². The summed E-state index contributed by atoms with van der Waals surface area (Å²) in [7, 11) is 0. The van der Waals surface area contributed by atoms with Crippen molar-refractivity contribution in [2.75, 3.05) is 32.8 Å². The van der Waals surface area contributed by atoms with Crippen LogP contribution in [0.15, 0.2) is 0 Å². The number of likely N-dealkylation sites (N-methyl/N-ethyl adjacent to an activating group) is 1. The average molecular weight is 249 g/mol. The molecule has 0 saturated carbocycles. The van der Waals surface area contributed by atoms with Gasteiger partial charge in [0.2, 0.25) is 5.91 Å². The van der Waals surface area contributed by atoms with Crippen molar-refractivity contribution >= 4 is 18.3 Å². The highest BCUT2D eigenvalue weighted by Gasteiger charge is 2.41. The first-order valence-electron chi connectivity index (χ1n) is 5.87. The van der Waals surface area contributed by atoms with Gasteiger partial charge < -0.3 is 15.0 Å². The Balaban J connectivity index is 0.00000128. The van der Waals surface area contributed by atoms with Gasteiger partial charge >= 0.3 is 0 Å². The van der Waals surface area contributed by atoms with Crippen LogP contribution in [0.1, 0.15) is 26.2 Å². The summed E-state index contributed by atoms with van der Waals surface area (Å²) in [5, 5.41) is 3.38. The Hall–Kier alpha value is -0.320. The highest BCUT2D eigenvalue weighted by molar-refractivity contribution is 5.85. The van der Waals surface area contributed by atoms with Gasteiger partial charge in [-0.1, -0.05) is 0 Å². The Kier molecular flexibility index (Phi) is 5.02. The number of rotatable bonds is 1. The Morgan fingerprint density at radius 3 is 2.75 bits per heavy atom.